The van der Waals surface area contributed by atoms with Crippen LogP contribution in [0.2, 0.25) is 0 Å². The van der Waals surface area contributed by atoms with Gasteiger partial charge in [-0.1, -0.05) is 30.3 Å². The Kier molecular flexibility index (Phi) is 6.34. The smallest absolute Gasteiger partial charge is 0.303 e. The zero-order valence-electron chi connectivity index (χ0n) is 14.3. The molecular formula is C18H26N2O4. The summed E-state index contributed by atoms with van der Waals surface area (Å²) in [5, 5.41) is 11.7. The number of amides is 1. The second kappa shape index (κ2) is 8.26. The molecule has 0 saturated carbocycles. The molecule has 2 rings (SSSR count). The third kappa shape index (κ3) is 5.94. The van der Waals surface area contributed by atoms with Gasteiger partial charge in [0.05, 0.1) is 6.61 Å². The maximum atomic E-state index is 12.4. The SMILES string of the molecule is CC(C)(CCC(=O)O)NC(=O)C1CN(Cc2ccccc2)CCO1. The second-order valence-corrected chi connectivity index (χ2v) is 6.85. The average molecular weight is 334 g/mol. The van der Waals surface area contributed by atoms with Gasteiger partial charge in [-0.15, -0.1) is 0 Å². The molecule has 1 aliphatic rings. The Labute approximate surface area is 142 Å². The molecule has 0 radical (unpaired) electrons. The van der Waals surface area contributed by atoms with Crippen LogP contribution in [-0.2, 0) is 20.9 Å². The molecule has 1 atom stereocenters. The number of carbonyl (C=O) groups excluding carboxylic acids is 1. The predicted molar refractivity (Wildman–Crippen MR) is 90.6 cm³/mol. The van der Waals surface area contributed by atoms with Gasteiger partial charge in [0.25, 0.3) is 5.91 Å². The van der Waals surface area contributed by atoms with Crippen molar-refractivity contribution in [2.45, 2.75) is 44.9 Å². The zero-order chi connectivity index (χ0) is 17.6. The van der Waals surface area contributed by atoms with Crippen molar-refractivity contribution in [1.29, 1.82) is 0 Å². The van der Waals surface area contributed by atoms with Gasteiger partial charge in [0.2, 0.25) is 0 Å². The third-order valence-corrected chi connectivity index (χ3v) is 4.12. The summed E-state index contributed by atoms with van der Waals surface area (Å²) in [6.07, 6.45) is -0.112. The van der Waals surface area contributed by atoms with Gasteiger partial charge < -0.3 is 15.2 Å². The van der Waals surface area contributed by atoms with Crippen molar-refractivity contribution in [2.75, 3.05) is 19.7 Å². The second-order valence-electron chi connectivity index (χ2n) is 6.85. The Morgan fingerprint density at radius 1 is 1.33 bits per heavy atom. The number of nitrogens with one attached hydrogen (secondary N) is 1. The number of benzene rings is 1. The number of nitrogens with zero attached hydrogens (tertiary/aromatic N) is 1. The molecule has 6 nitrogen and oxygen atoms in total. The third-order valence-electron chi connectivity index (χ3n) is 4.12. The molecule has 0 bridgehead atoms. The monoisotopic (exact) mass is 334 g/mol. The van der Waals surface area contributed by atoms with Gasteiger partial charge in [0, 0.05) is 31.6 Å². The maximum Gasteiger partial charge on any atom is 0.303 e. The Bertz CT molecular complexity index is 559. The number of carboxylic acid groups (broad SMARTS) is 1. The Morgan fingerprint density at radius 3 is 2.71 bits per heavy atom. The molecule has 1 fully saturated rings. The minimum Gasteiger partial charge on any atom is -0.481 e. The fraction of sp³-hybridized carbons (Fsp3) is 0.556. The summed E-state index contributed by atoms with van der Waals surface area (Å²) in [6, 6.07) is 10.1. The molecule has 0 aromatic heterocycles. The first kappa shape index (κ1) is 18.4. The summed E-state index contributed by atoms with van der Waals surface area (Å²) in [4.78, 5) is 25.4. The Balaban J connectivity index is 1.86. The van der Waals surface area contributed by atoms with E-state index in [1.54, 1.807) is 0 Å². The highest BCUT2D eigenvalue weighted by Gasteiger charge is 2.30. The van der Waals surface area contributed by atoms with Crippen LogP contribution in [0.3, 0.4) is 0 Å². The predicted octanol–water partition coefficient (Wildman–Crippen LogP) is 1.65. The number of carbonyl (C=O) groups is 2. The highest BCUT2D eigenvalue weighted by Crippen LogP contribution is 2.15. The van der Waals surface area contributed by atoms with Crippen LogP contribution in [0, 0.1) is 0 Å². The standard InChI is InChI=1S/C18H26N2O4/c1-18(2,9-8-16(21)22)19-17(23)15-13-20(10-11-24-15)12-14-6-4-3-5-7-14/h3-7,15H,8-13H2,1-2H3,(H,19,23)(H,21,22). The zero-order valence-corrected chi connectivity index (χ0v) is 14.3. The minimum absolute atomic E-state index is 0.0267. The van der Waals surface area contributed by atoms with E-state index < -0.39 is 17.6 Å². The number of hydrogen-bond acceptors (Lipinski definition) is 4. The van der Waals surface area contributed by atoms with Gasteiger partial charge in [-0.2, -0.15) is 0 Å². The summed E-state index contributed by atoms with van der Waals surface area (Å²) in [7, 11) is 0. The van der Waals surface area contributed by atoms with Crippen molar-refractivity contribution >= 4 is 11.9 Å². The van der Waals surface area contributed by atoms with Gasteiger partial charge in [-0.05, 0) is 25.8 Å². The first-order valence-corrected chi connectivity index (χ1v) is 8.27. The Morgan fingerprint density at radius 2 is 2.04 bits per heavy atom. The van der Waals surface area contributed by atoms with Crippen LogP contribution in [0.1, 0.15) is 32.3 Å². The topological polar surface area (TPSA) is 78.9 Å². The lowest BCUT2D eigenvalue weighted by atomic mass is 9.98. The molecule has 0 spiro atoms. The lowest BCUT2D eigenvalue weighted by Crippen LogP contribution is -2.54. The molecule has 1 aromatic rings. The molecule has 1 saturated heterocycles. The van der Waals surface area contributed by atoms with Crippen molar-refractivity contribution in [3.05, 3.63) is 35.9 Å². The van der Waals surface area contributed by atoms with Crippen molar-refractivity contribution in [3.8, 4) is 0 Å². The normalized spacial score (nSPS) is 19.0. The molecule has 1 aliphatic heterocycles. The van der Waals surface area contributed by atoms with E-state index >= 15 is 0 Å². The summed E-state index contributed by atoms with van der Waals surface area (Å²) >= 11 is 0. The van der Waals surface area contributed by atoms with Crippen LogP contribution in [0.15, 0.2) is 30.3 Å². The van der Waals surface area contributed by atoms with Crippen LogP contribution >= 0.6 is 0 Å². The number of carboxylic acids is 1. The van der Waals surface area contributed by atoms with Gasteiger partial charge in [0.15, 0.2) is 0 Å². The highest BCUT2D eigenvalue weighted by atomic mass is 16.5. The van der Waals surface area contributed by atoms with Crippen LogP contribution in [-0.4, -0.2) is 53.2 Å². The van der Waals surface area contributed by atoms with Crippen LogP contribution < -0.4 is 5.32 Å². The number of aliphatic carboxylic acids is 1. The molecule has 0 aliphatic carbocycles. The van der Waals surface area contributed by atoms with Crippen molar-refractivity contribution < 1.29 is 19.4 Å². The van der Waals surface area contributed by atoms with E-state index in [1.165, 1.54) is 5.56 Å². The van der Waals surface area contributed by atoms with Crippen molar-refractivity contribution in [1.82, 2.24) is 10.2 Å². The molecule has 1 aromatic carbocycles. The molecule has 132 valence electrons. The van der Waals surface area contributed by atoms with Crippen LogP contribution in [0.25, 0.3) is 0 Å². The van der Waals surface area contributed by atoms with E-state index in [4.69, 9.17) is 9.84 Å². The van der Waals surface area contributed by atoms with Crippen LogP contribution in [0.4, 0.5) is 0 Å². The number of hydrogen-bond donors (Lipinski definition) is 2. The van der Waals surface area contributed by atoms with E-state index in [1.807, 2.05) is 32.0 Å². The summed E-state index contributed by atoms with van der Waals surface area (Å²) in [5.74, 6) is -1.04. The molecule has 1 amide bonds. The minimum atomic E-state index is -0.861. The van der Waals surface area contributed by atoms with E-state index in [0.717, 1.165) is 13.1 Å². The fourth-order valence-corrected chi connectivity index (χ4v) is 2.74. The molecule has 2 N–H and O–H groups in total. The van der Waals surface area contributed by atoms with E-state index in [9.17, 15) is 9.59 Å². The quantitative estimate of drug-likeness (QED) is 0.793. The van der Waals surface area contributed by atoms with Gasteiger partial charge >= 0.3 is 5.97 Å². The fourth-order valence-electron chi connectivity index (χ4n) is 2.74. The Hall–Kier alpha value is -1.92. The first-order valence-electron chi connectivity index (χ1n) is 8.27. The molecule has 1 heterocycles. The maximum absolute atomic E-state index is 12.4. The molecule has 1 unspecified atom stereocenters. The molecule has 24 heavy (non-hydrogen) atoms. The largest absolute Gasteiger partial charge is 0.481 e. The summed E-state index contributed by atoms with van der Waals surface area (Å²) in [6.45, 7) is 6.30. The lowest BCUT2D eigenvalue weighted by molar-refractivity contribution is -0.142. The summed E-state index contributed by atoms with van der Waals surface area (Å²) < 4.78 is 5.61. The highest BCUT2D eigenvalue weighted by molar-refractivity contribution is 5.82. The van der Waals surface area contributed by atoms with E-state index in [0.29, 0.717) is 19.6 Å². The molecular weight excluding hydrogens is 308 g/mol. The van der Waals surface area contributed by atoms with Gasteiger partial charge in [-0.25, -0.2) is 0 Å². The van der Waals surface area contributed by atoms with Crippen molar-refractivity contribution in [3.63, 3.8) is 0 Å². The number of morpholine rings is 1. The van der Waals surface area contributed by atoms with Crippen molar-refractivity contribution in [2.24, 2.45) is 0 Å². The van der Waals surface area contributed by atoms with Gasteiger partial charge in [-0.3, -0.25) is 14.5 Å². The van der Waals surface area contributed by atoms with E-state index in [2.05, 4.69) is 22.3 Å². The number of ether oxygens (including phenoxy) is 1. The summed E-state index contributed by atoms with van der Waals surface area (Å²) in [5.41, 5.74) is 0.640. The van der Waals surface area contributed by atoms with E-state index in [-0.39, 0.29) is 12.3 Å². The number of rotatable bonds is 7. The lowest BCUT2D eigenvalue weighted by Gasteiger charge is -2.34. The van der Waals surface area contributed by atoms with Gasteiger partial charge in [0.1, 0.15) is 6.10 Å². The average Bonchev–Trinajstić information content (AvgIpc) is 2.54. The van der Waals surface area contributed by atoms with Crippen LogP contribution in [0.5, 0.6) is 0 Å². The first-order chi connectivity index (χ1) is 11.4. The molecule has 6 heteroatoms.